The van der Waals surface area contributed by atoms with Crippen LogP contribution in [0.15, 0.2) is 29.8 Å². The Bertz CT molecular complexity index is 520. The molecule has 20 heavy (non-hydrogen) atoms. The Kier molecular flexibility index (Phi) is 5.91. The van der Waals surface area contributed by atoms with Crippen molar-refractivity contribution in [3.63, 3.8) is 0 Å². The van der Waals surface area contributed by atoms with Gasteiger partial charge in [0, 0.05) is 37.8 Å². The van der Waals surface area contributed by atoms with Gasteiger partial charge in [-0.15, -0.1) is 11.3 Å². The van der Waals surface area contributed by atoms with Gasteiger partial charge in [-0.05, 0) is 17.7 Å². The van der Waals surface area contributed by atoms with Crippen LogP contribution in [0.1, 0.15) is 10.6 Å². The molecule has 1 N–H and O–H groups in total. The van der Waals surface area contributed by atoms with Crippen molar-refractivity contribution >= 4 is 11.3 Å². The Morgan fingerprint density at radius 2 is 2.25 bits per heavy atom. The lowest BCUT2D eigenvalue weighted by molar-refractivity contribution is 0.199. The van der Waals surface area contributed by atoms with Gasteiger partial charge in [-0.1, -0.05) is 0 Å². The largest absolute Gasteiger partial charge is 0.486 e. The fourth-order valence-electron chi connectivity index (χ4n) is 1.68. The van der Waals surface area contributed by atoms with Gasteiger partial charge in [-0.25, -0.2) is 9.37 Å². The van der Waals surface area contributed by atoms with Crippen LogP contribution >= 0.6 is 11.3 Å². The molecule has 2 aromatic rings. The first kappa shape index (κ1) is 14.9. The molecule has 1 heterocycles. The Balaban J connectivity index is 1.90. The van der Waals surface area contributed by atoms with Crippen molar-refractivity contribution in [1.29, 1.82) is 0 Å². The molecule has 0 amide bonds. The summed E-state index contributed by atoms with van der Waals surface area (Å²) in [6.45, 7) is 2.29. The summed E-state index contributed by atoms with van der Waals surface area (Å²) < 4.78 is 24.0. The van der Waals surface area contributed by atoms with E-state index in [0.29, 0.717) is 25.5 Å². The second-order valence-corrected chi connectivity index (χ2v) is 5.16. The quantitative estimate of drug-likeness (QED) is 0.760. The number of aromatic nitrogens is 1. The molecule has 4 nitrogen and oxygen atoms in total. The van der Waals surface area contributed by atoms with Gasteiger partial charge in [0.1, 0.15) is 23.2 Å². The topological polar surface area (TPSA) is 43.4 Å². The van der Waals surface area contributed by atoms with E-state index in [1.54, 1.807) is 13.3 Å². The van der Waals surface area contributed by atoms with Crippen LogP contribution in [0, 0.1) is 5.82 Å². The molecule has 0 radical (unpaired) electrons. The number of thiazole rings is 1. The lowest BCUT2D eigenvalue weighted by atomic mass is 10.2. The van der Waals surface area contributed by atoms with Crippen LogP contribution in [-0.2, 0) is 17.9 Å². The van der Waals surface area contributed by atoms with E-state index in [4.69, 9.17) is 9.47 Å². The maximum Gasteiger partial charge on any atom is 0.140 e. The fourth-order valence-corrected chi connectivity index (χ4v) is 2.21. The van der Waals surface area contributed by atoms with Gasteiger partial charge in [0.2, 0.25) is 0 Å². The molecular weight excluding hydrogens is 279 g/mol. The first-order valence-electron chi connectivity index (χ1n) is 6.28. The highest BCUT2D eigenvalue weighted by Gasteiger charge is 2.03. The van der Waals surface area contributed by atoms with Crippen molar-refractivity contribution < 1.29 is 13.9 Å². The smallest absolute Gasteiger partial charge is 0.140 e. The normalized spacial score (nSPS) is 10.7. The molecule has 2 rings (SSSR count). The number of methoxy groups -OCH3 is 1. The summed E-state index contributed by atoms with van der Waals surface area (Å²) in [4.78, 5) is 4.12. The predicted octanol–water partition coefficient (Wildman–Crippen LogP) is 2.60. The Morgan fingerprint density at radius 3 is 3.00 bits per heavy atom. The number of nitrogens with zero attached hydrogens (tertiary/aromatic N) is 1. The standard InChI is InChI=1S/C14H17FN2O2S/c1-18-4-2-16-9-11-6-12(15)8-13(7-11)19-10-14-17-3-5-20-14/h3,5-8,16H,2,4,9-10H2,1H3. The van der Waals surface area contributed by atoms with E-state index in [1.165, 1.54) is 23.5 Å². The average molecular weight is 296 g/mol. The second kappa shape index (κ2) is 7.94. The molecule has 0 aliphatic rings. The monoisotopic (exact) mass is 296 g/mol. The number of nitrogens with one attached hydrogen (secondary N) is 1. The SMILES string of the molecule is COCCNCc1cc(F)cc(OCc2nccs2)c1. The third-order valence-electron chi connectivity index (χ3n) is 2.59. The first-order valence-corrected chi connectivity index (χ1v) is 7.16. The van der Waals surface area contributed by atoms with Crippen LogP contribution in [0.5, 0.6) is 5.75 Å². The van der Waals surface area contributed by atoms with E-state index in [1.807, 2.05) is 11.4 Å². The van der Waals surface area contributed by atoms with E-state index in [-0.39, 0.29) is 5.82 Å². The summed E-state index contributed by atoms with van der Waals surface area (Å²) >= 11 is 1.51. The van der Waals surface area contributed by atoms with Crippen molar-refractivity contribution in [3.8, 4) is 5.75 Å². The molecule has 108 valence electrons. The Labute approximate surface area is 121 Å². The molecule has 0 saturated carbocycles. The van der Waals surface area contributed by atoms with E-state index in [9.17, 15) is 4.39 Å². The van der Waals surface area contributed by atoms with Gasteiger partial charge < -0.3 is 14.8 Å². The fraction of sp³-hybridized carbons (Fsp3) is 0.357. The number of rotatable bonds is 8. The predicted molar refractivity (Wildman–Crippen MR) is 76.4 cm³/mol. The van der Waals surface area contributed by atoms with E-state index < -0.39 is 0 Å². The van der Waals surface area contributed by atoms with Gasteiger partial charge >= 0.3 is 0 Å². The van der Waals surface area contributed by atoms with Gasteiger partial charge in [0.25, 0.3) is 0 Å². The van der Waals surface area contributed by atoms with Crippen LogP contribution in [0.3, 0.4) is 0 Å². The minimum absolute atomic E-state index is 0.301. The zero-order chi connectivity index (χ0) is 14.2. The number of halogens is 1. The summed E-state index contributed by atoms with van der Waals surface area (Å²) in [5, 5.41) is 5.92. The van der Waals surface area contributed by atoms with E-state index in [2.05, 4.69) is 10.3 Å². The van der Waals surface area contributed by atoms with E-state index >= 15 is 0 Å². The minimum Gasteiger partial charge on any atom is -0.486 e. The zero-order valence-electron chi connectivity index (χ0n) is 11.3. The highest BCUT2D eigenvalue weighted by Crippen LogP contribution is 2.18. The van der Waals surface area contributed by atoms with Crippen LogP contribution in [0.4, 0.5) is 4.39 Å². The average Bonchev–Trinajstić information content (AvgIpc) is 2.94. The first-order chi connectivity index (χ1) is 9.78. The van der Waals surface area contributed by atoms with Crippen molar-refractivity contribution in [2.75, 3.05) is 20.3 Å². The van der Waals surface area contributed by atoms with Crippen molar-refractivity contribution in [3.05, 3.63) is 46.2 Å². The summed E-state index contributed by atoms with van der Waals surface area (Å²) in [5.74, 6) is 0.217. The molecule has 1 aromatic carbocycles. The summed E-state index contributed by atoms with van der Waals surface area (Å²) in [5.41, 5.74) is 0.843. The Hall–Kier alpha value is -1.50. The molecule has 0 aliphatic heterocycles. The number of hydrogen-bond donors (Lipinski definition) is 1. The lowest BCUT2D eigenvalue weighted by Crippen LogP contribution is -2.18. The minimum atomic E-state index is -0.301. The van der Waals surface area contributed by atoms with E-state index in [0.717, 1.165) is 17.1 Å². The Morgan fingerprint density at radius 1 is 1.35 bits per heavy atom. The number of ether oxygens (including phenoxy) is 2. The van der Waals surface area contributed by atoms with Gasteiger partial charge in [-0.3, -0.25) is 0 Å². The molecule has 6 heteroatoms. The van der Waals surface area contributed by atoms with Crippen molar-refractivity contribution in [2.45, 2.75) is 13.2 Å². The number of hydrogen-bond acceptors (Lipinski definition) is 5. The third-order valence-corrected chi connectivity index (χ3v) is 3.34. The molecule has 1 aromatic heterocycles. The number of benzene rings is 1. The van der Waals surface area contributed by atoms with Crippen molar-refractivity contribution in [2.24, 2.45) is 0 Å². The van der Waals surface area contributed by atoms with Crippen molar-refractivity contribution in [1.82, 2.24) is 10.3 Å². The summed E-state index contributed by atoms with van der Waals surface area (Å²) in [7, 11) is 1.65. The van der Waals surface area contributed by atoms with Gasteiger partial charge in [0.15, 0.2) is 0 Å². The zero-order valence-corrected chi connectivity index (χ0v) is 12.1. The molecule has 0 atom stereocenters. The van der Waals surface area contributed by atoms with Gasteiger partial charge in [0.05, 0.1) is 6.61 Å². The molecule has 0 unspecified atom stereocenters. The van der Waals surface area contributed by atoms with Gasteiger partial charge in [-0.2, -0.15) is 0 Å². The lowest BCUT2D eigenvalue weighted by Gasteiger charge is -2.08. The van der Waals surface area contributed by atoms with Crippen LogP contribution in [-0.4, -0.2) is 25.2 Å². The molecule has 0 spiro atoms. The van der Waals surface area contributed by atoms with Crippen LogP contribution in [0.2, 0.25) is 0 Å². The summed E-state index contributed by atoms with van der Waals surface area (Å²) in [6, 6.07) is 4.71. The van der Waals surface area contributed by atoms with Crippen LogP contribution in [0.25, 0.3) is 0 Å². The highest BCUT2D eigenvalue weighted by molar-refractivity contribution is 7.09. The third kappa shape index (κ3) is 4.88. The maximum absolute atomic E-state index is 13.5. The molecule has 0 aliphatic carbocycles. The molecular formula is C14H17FN2O2S. The maximum atomic E-state index is 13.5. The summed E-state index contributed by atoms with van der Waals surface area (Å²) in [6.07, 6.45) is 1.72. The molecule has 0 bridgehead atoms. The molecule has 0 saturated heterocycles. The highest BCUT2D eigenvalue weighted by atomic mass is 32.1. The molecule has 0 fully saturated rings. The van der Waals surface area contributed by atoms with Crippen LogP contribution < -0.4 is 10.1 Å². The second-order valence-electron chi connectivity index (χ2n) is 4.18.